The largest absolute Gasteiger partial charge is 0.364 e. The normalized spacial score (nSPS) is 15.7. The highest BCUT2D eigenvalue weighted by atomic mass is 16.5. The van der Waals surface area contributed by atoms with Crippen molar-refractivity contribution in [2.24, 2.45) is 5.73 Å². The number of aromatic amines is 1. The summed E-state index contributed by atoms with van der Waals surface area (Å²) in [6.45, 7) is 2.48. The lowest BCUT2D eigenvalue weighted by atomic mass is 9.99. The molecular weight excluding hydrogens is 292 g/mol. The summed E-state index contributed by atoms with van der Waals surface area (Å²) in [6, 6.07) is 7.82. The Hall–Kier alpha value is -2.60. The molecule has 0 atom stereocenters. The van der Waals surface area contributed by atoms with Crippen molar-refractivity contribution < 1.29 is 9.32 Å². The standard InChI is InChI=1S/C17H18N4O2/c1-10-6-11-7-12(2-3-14(11)19-10)20-16(22)13-8-23-21-15(13)17(9-18)4-5-17/h2-3,6-8,19H,4-5,9,18H2,1H3,(H,20,22). The Kier molecular flexibility index (Phi) is 3.02. The van der Waals surface area contributed by atoms with Crippen molar-refractivity contribution >= 4 is 22.5 Å². The first kappa shape index (κ1) is 14.0. The number of rotatable bonds is 4. The highest BCUT2D eigenvalue weighted by Gasteiger charge is 2.47. The van der Waals surface area contributed by atoms with Gasteiger partial charge in [-0.1, -0.05) is 5.16 Å². The van der Waals surface area contributed by atoms with Gasteiger partial charge in [0, 0.05) is 34.2 Å². The van der Waals surface area contributed by atoms with Crippen molar-refractivity contribution in [1.82, 2.24) is 10.1 Å². The minimum absolute atomic E-state index is 0.179. The van der Waals surface area contributed by atoms with Crippen LogP contribution in [0.5, 0.6) is 0 Å². The lowest BCUT2D eigenvalue weighted by Crippen LogP contribution is -2.24. The molecule has 0 saturated heterocycles. The molecule has 4 N–H and O–H groups in total. The average Bonchev–Trinajstić information content (AvgIpc) is 3.00. The van der Waals surface area contributed by atoms with Crippen molar-refractivity contribution in [3.8, 4) is 0 Å². The third-order valence-corrected chi connectivity index (χ3v) is 4.57. The summed E-state index contributed by atoms with van der Waals surface area (Å²) >= 11 is 0. The van der Waals surface area contributed by atoms with Crippen LogP contribution in [0.25, 0.3) is 10.9 Å². The van der Waals surface area contributed by atoms with Crippen LogP contribution in [0.2, 0.25) is 0 Å². The molecule has 4 rings (SSSR count). The zero-order chi connectivity index (χ0) is 16.0. The number of hydrogen-bond acceptors (Lipinski definition) is 4. The second-order valence-electron chi connectivity index (χ2n) is 6.27. The number of amides is 1. The fourth-order valence-electron chi connectivity index (χ4n) is 3.02. The molecule has 0 aliphatic heterocycles. The highest BCUT2D eigenvalue weighted by Crippen LogP contribution is 2.47. The van der Waals surface area contributed by atoms with E-state index >= 15 is 0 Å². The first-order valence-electron chi connectivity index (χ1n) is 7.67. The predicted molar refractivity (Wildman–Crippen MR) is 87.5 cm³/mol. The summed E-state index contributed by atoms with van der Waals surface area (Å²) < 4.78 is 5.03. The van der Waals surface area contributed by atoms with E-state index in [-0.39, 0.29) is 11.3 Å². The first-order valence-corrected chi connectivity index (χ1v) is 7.67. The van der Waals surface area contributed by atoms with E-state index in [1.165, 1.54) is 6.26 Å². The van der Waals surface area contributed by atoms with Crippen molar-refractivity contribution in [2.75, 3.05) is 11.9 Å². The molecule has 1 saturated carbocycles. The molecule has 23 heavy (non-hydrogen) atoms. The van der Waals surface area contributed by atoms with E-state index in [1.54, 1.807) is 0 Å². The molecule has 0 bridgehead atoms. The third-order valence-electron chi connectivity index (χ3n) is 4.57. The number of carbonyl (C=O) groups excluding carboxylic acids is 1. The zero-order valence-corrected chi connectivity index (χ0v) is 12.8. The Morgan fingerprint density at radius 3 is 3.00 bits per heavy atom. The maximum absolute atomic E-state index is 12.6. The van der Waals surface area contributed by atoms with Gasteiger partial charge in [-0.15, -0.1) is 0 Å². The van der Waals surface area contributed by atoms with Crippen LogP contribution in [0.4, 0.5) is 5.69 Å². The van der Waals surface area contributed by atoms with E-state index in [4.69, 9.17) is 10.3 Å². The molecule has 0 spiro atoms. The summed E-state index contributed by atoms with van der Waals surface area (Å²) in [4.78, 5) is 15.8. The van der Waals surface area contributed by atoms with Crippen LogP contribution in [0.3, 0.4) is 0 Å². The van der Waals surface area contributed by atoms with Gasteiger partial charge in [-0.05, 0) is 44.0 Å². The minimum atomic E-state index is -0.215. The van der Waals surface area contributed by atoms with Gasteiger partial charge in [0.05, 0.1) is 0 Å². The van der Waals surface area contributed by atoms with E-state index in [0.29, 0.717) is 17.8 Å². The number of aromatic nitrogens is 2. The van der Waals surface area contributed by atoms with Crippen molar-refractivity contribution in [3.63, 3.8) is 0 Å². The van der Waals surface area contributed by atoms with Gasteiger partial charge >= 0.3 is 0 Å². The van der Waals surface area contributed by atoms with E-state index in [1.807, 2.05) is 31.2 Å². The second-order valence-corrected chi connectivity index (χ2v) is 6.27. The van der Waals surface area contributed by atoms with Gasteiger partial charge in [-0.25, -0.2) is 0 Å². The van der Waals surface area contributed by atoms with Crippen LogP contribution in [-0.4, -0.2) is 22.6 Å². The maximum atomic E-state index is 12.6. The number of nitrogens with one attached hydrogen (secondary N) is 2. The van der Waals surface area contributed by atoms with Crippen LogP contribution in [0.15, 0.2) is 35.1 Å². The topological polar surface area (TPSA) is 96.9 Å². The summed E-state index contributed by atoms with van der Waals surface area (Å²) in [5.41, 5.74) is 9.67. The van der Waals surface area contributed by atoms with Crippen molar-refractivity contribution in [2.45, 2.75) is 25.2 Å². The van der Waals surface area contributed by atoms with Gasteiger partial charge in [-0.3, -0.25) is 4.79 Å². The van der Waals surface area contributed by atoms with E-state index in [9.17, 15) is 4.79 Å². The number of aryl methyl sites for hydroxylation is 1. The monoisotopic (exact) mass is 310 g/mol. The number of anilines is 1. The number of fused-ring (bicyclic) bond motifs is 1. The Morgan fingerprint density at radius 2 is 2.26 bits per heavy atom. The van der Waals surface area contributed by atoms with E-state index < -0.39 is 0 Å². The molecular formula is C17H18N4O2. The number of nitrogens with two attached hydrogens (primary N) is 1. The fourth-order valence-corrected chi connectivity index (χ4v) is 3.02. The first-order chi connectivity index (χ1) is 11.1. The molecule has 1 aliphatic carbocycles. The molecule has 118 valence electrons. The average molecular weight is 310 g/mol. The number of hydrogen-bond donors (Lipinski definition) is 3. The third kappa shape index (κ3) is 2.31. The number of carbonyl (C=O) groups is 1. The van der Waals surface area contributed by atoms with Gasteiger partial charge in [-0.2, -0.15) is 0 Å². The van der Waals surface area contributed by atoms with E-state index in [2.05, 4.69) is 15.5 Å². The molecule has 0 unspecified atom stereocenters. The van der Waals surface area contributed by atoms with Gasteiger partial charge in [0.15, 0.2) is 0 Å². The molecule has 3 aromatic rings. The van der Waals surface area contributed by atoms with Crippen molar-refractivity contribution in [1.29, 1.82) is 0 Å². The summed E-state index contributed by atoms with van der Waals surface area (Å²) in [5, 5.41) is 7.99. The highest BCUT2D eigenvalue weighted by molar-refractivity contribution is 6.06. The predicted octanol–water partition coefficient (Wildman–Crippen LogP) is 2.71. The van der Waals surface area contributed by atoms with Crippen molar-refractivity contribution in [3.05, 3.63) is 47.5 Å². The fraction of sp³-hybridized carbons (Fsp3) is 0.294. The summed E-state index contributed by atoms with van der Waals surface area (Å²) in [6.07, 6.45) is 3.30. The number of H-pyrrole nitrogens is 1. The van der Waals surface area contributed by atoms with Crippen LogP contribution in [-0.2, 0) is 5.41 Å². The Balaban J connectivity index is 1.61. The van der Waals surface area contributed by atoms with Gasteiger partial charge < -0.3 is 20.6 Å². The molecule has 0 radical (unpaired) electrons. The molecule has 6 heteroatoms. The molecule has 2 heterocycles. The summed E-state index contributed by atoms with van der Waals surface area (Å²) in [7, 11) is 0. The zero-order valence-electron chi connectivity index (χ0n) is 12.8. The molecule has 1 amide bonds. The molecule has 2 aromatic heterocycles. The smallest absolute Gasteiger partial charge is 0.260 e. The SMILES string of the molecule is Cc1cc2cc(NC(=O)c3conc3C3(CN)CC3)ccc2[nH]1. The molecule has 6 nitrogen and oxygen atoms in total. The van der Waals surface area contributed by atoms with Gasteiger partial charge in [0.2, 0.25) is 0 Å². The Bertz CT molecular complexity index is 889. The second kappa shape index (κ2) is 4.96. The van der Waals surface area contributed by atoms with E-state index in [0.717, 1.165) is 35.1 Å². The molecule has 1 aliphatic rings. The maximum Gasteiger partial charge on any atom is 0.260 e. The van der Waals surface area contributed by atoms with Crippen LogP contribution in [0, 0.1) is 6.92 Å². The van der Waals surface area contributed by atoms with Gasteiger partial charge in [0.1, 0.15) is 17.5 Å². The minimum Gasteiger partial charge on any atom is -0.364 e. The number of benzene rings is 1. The van der Waals surface area contributed by atoms with Crippen LogP contribution in [0.1, 0.15) is 34.6 Å². The van der Waals surface area contributed by atoms with Crippen LogP contribution < -0.4 is 11.1 Å². The Labute approximate surface area is 133 Å². The molecule has 1 aromatic carbocycles. The lowest BCUT2D eigenvalue weighted by molar-refractivity contribution is 0.102. The summed E-state index contributed by atoms with van der Waals surface area (Å²) in [5.74, 6) is -0.215. The van der Waals surface area contributed by atoms with Crippen LogP contribution >= 0.6 is 0 Å². The Morgan fingerprint density at radius 1 is 1.43 bits per heavy atom. The number of nitrogens with zero attached hydrogens (tertiary/aromatic N) is 1. The van der Waals surface area contributed by atoms with Gasteiger partial charge in [0.25, 0.3) is 5.91 Å². The molecule has 1 fully saturated rings. The lowest BCUT2D eigenvalue weighted by Gasteiger charge is -2.10. The quantitative estimate of drug-likeness (QED) is 0.690.